The highest BCUT2D eigenvalue weighted by atomic mass is 79.9. The maximum Gasteiger partial charge on any atom is 0.331 e. The minimum atomic E-state index is -0.502. The SMILES string of the molecule is CCn1c(=O)c2ccccc2n(CC(=O)NCc2ccc(Br)cc2Cl)c1=O. The van der Waals surface area contributed by atoms with Gasteiger partial charge in [0.2, 0.25) is 5.91 Å². The number of carbonyl (C=O) groups is 1. The topological polar surface area (TPSA) is 73.1 Å². The molecule has 1 N–H and O–H groups in total. The number of nitrogens with zero attached hydrogens (tertiary/aromatic N) is 2. The predicted molar refractivity (Wildman–Crippen MR) is 109 cm³/mol. The predicted octanol–water partition coefficient (Wildman–Crippen LogP) is 2.92. The summed E-state index contributed by atoms with van der Waals surface area (Å²) in [7, 11) is 0. The van der Waals surface area contributed by atoms with Crippen LogP contribution in [-0.2, 0) is 24.4 Å². The van der Waals surface area contributed by atoms with Crippen LogP contribution in [0.15, 0.2) is 56.5 Å². The van der Waals surface area contributed by atoms with Crippen LogP contribution in [0.5, 0.6) is 0 Å². The number of carbonyl (C=O) groups excluding carboxylic acids is 1. The van der Waals surface area contributed by atoms with Gasteiger partial charge in [-0.15, -0.1) is 0 Å². The standard InChI is InChI=1S/C19H17BrClN3O3/c1-2-23-18(26)14-5-3-4-6-16(14)24(19(23)27)11-17(25)22-10-12-7-8-13(20)9-15(12)21/h3-9H,2,10-11H2,1H3,(H,22,25). The maximum absolute atomic E-state index is 12.7. The van der Waals surface area contributed by atoms with Crippen molar-refractivity contribution in [3.8, 4) is 0 Å². The van der Waals surface area contributed by atoms with Crippen LogP contribution >= 0.6 is 27.5 Å². The molecule has 0 bridgehead atoms. The summed E-state index contributed by atoms with van der Waals surface area (Å²) < 4.78 is 3.29. The van der Waals surface area contributed by atoms with Gasteiger partial charge < -0.3 is 5.32 Å². The average molecular weight is 451 g/mol. The Hall–Kier alpha value is -2.38. The normalized spacial score (nSPS) is 10.9. The van der Waals surface area contributed by atoms with Gasteiger partial charge in [-0.3, -0.25) is 18.7 Å². The highest BCUT2D eigenvalue weighted by Crippen LogP contribution is 2.21. The lowest BCUT2D eigenvalue weighted by atomic mass is 10.2. The quantitative estimate of drug-likeness (QED) is 0.649. The second kappa shape index (κ2) is 8.10. The third kappa shape index (κ3) is 3.99. The van der Waals surface area contributed by atoms with E-state index in [2.05, 4.69) is 21.2 Å². The van der Waals surface area contributed by atoms with Crippen LogP contribution < -0.4 is 16.6 Å². The summed E-state index contributed by atoms with van der Waals surface area (Å²) in [6.45, 7) is 2.01. The molecule has 0 aliphatic heterocycles. The number of nitrogens with one attached hydrogen (secondary N) is 1. The monoisotopic (exact) mass is 449 g/mol. The van der Waals surface area contributed by atoms with E-state index >= 15 is 0 Å². The van der Waals surface area contributed by atoms with Crippen LogP contribution in [0.3, 0.4) is 0 Å². The molecule has 0 aliphatic rings. The molecule has 0 unspecified atom stereocenters. The molecular weight excluding hydrogens is 434 g/mol. The molecule has 0 radical (unpaired) electrons. The molecule has 1 aromatic heterocycles. The Kier molecular flexibility index (Phi) is 5.82. The minimum Gasteiger partial charge on any atom is -0.350 e. The van der Waals surface area contributed by atoms with E-state index in [1.165, 1.54) is 4.57 Å². The summed E-state index contributed by atoms with van der Waals surface area (Å²) in [6.07, 6.45) is 0. The molecular formula is C19H17BrClN3O3. The van der Waals surface area contributed by atoms with Gasteiger partial charge in [0.05, 0.1) is 10.9 Å². The van der Waals surface area contributed by atoms with Crippen molar-refractivity contribution in [2.75, 3.05) is 0 Å². The number of halogens is 2. The first kappa shape index (κ1) is 19.4. The van der Waals surface area contributed by atoms with Crippen LogP contribution in [0.25, 0.3) is 10.9 Å². The summed E-state index contributed by atoms with van der Waals surface area (Å²) >= 11 is 9.49. The van der Waals surface area contributed by atoms with Crippen molar-refractivity contribution in [2.24, 2.45) is 0 Å². The number of fused-ring (bicyclic) bond motifs is 1. The summed E-state index contributed by atoms with van der Waals surface area (Å²) in [6, 6.07) is 12.2. The fraction of sp³-hybridized carbons (Fsp3) is 0.211. The third-order valence-corrected chi connectivity index (χ3v) is 5.09. The van der Waals surface area contributed by atoms with Crippen molar-refractivity contribution in [3.63, 3.8) is 0 Å². The van der Waals surface area contributed by atoms with Gasteiger partial charge in [0.1, 0.15) is 6.54 Å². The van der Waals surface area contributed by atoms with Gasteiger partial charge in [0, 0.05) is 22.6 Å². The number of aromatic nitrogens is 2. The Morgan fingerprint density at radius 1 is 1.15 bits per heavy atom. The first-order valence-electron chi connectivity index (χ1n) is 8.35. The van der Waals surface area contributed by atoms with Gasteiger partial charge in [0.25, 0.3) is 5.56 Å². The van der Waals surface area contributed by atoms with E-state index in [4.69, 9.17) is 11.6 Å². The van der Waals surface area contributed by atoms with Gasteiger partial charge in [-0.25, -0.2) is 4.79 Å². The number of hydrogen-bond acceptors (Lipinski definition) is 3. The van der Waals surface area contributed by atoms with Crippen molar-refractivity contribution in [2.45, 2.75) is 26.6 Å². The van der Waals surface area contributed by atoms with E-state index in [1.54, 1.807) is 37.3 Å². The molecule has 27 heavy (non-hydrogen) atoms. The molecule has 0 fully saturated rings. The Bertz CT molecular complexity index is 1140. The van der Waals surface area contributed by atoms with E-state index in [1.807, 2.05) is 12.1 Å². The van der Waals surface area contributed by atoms with Crippen molar-refractivity contribution in [1.29, 1.82) is 0 Å². The lowest BCUT2D eigenvalue weighted by Gasteiger charge is -2.13. The minimum absolute atomic E-state index is 0.187. The second-order valence-electron chi connectivity index (χ2n) is 5.95. The molecule has 6 nitrogen and oxygen atoms in total. The smallest absolute Gasteiger partial charge is 0.331 e. The first-order valence-corrected chi connectivity index (χ1v) is 9.52. The number of amides is 1. The van der Waals surface area contributed by atoms with Crippen molar-refractivity contribution >= 4 is 44.3 Å². The molecule has 0 aliphatic carbocycles. The number of para-hydroxylation sites is 1. The molecule has 1 heterocycles. The molecule has 0 saturated heterocycles. The lowest BCUT2D eigenvalue weighted by Crippen LogP contribution is -2.42. The molecule has 8 heteroatoms. The third-order valence-electron chi connectivity index (χ3n) is 4.24. The zero-order valence-corrected chi connectivity index (χ0v) is 16.9. The Morgan fingerprint density at radius 2 is 1.89 bits per heavy atom. The molecule has 140 valence electrons. The van der Waals surface area contributed by atoms with E-state index in [9.17, 15) is 14.4 Å². The van der Waals surface area contributed by atoms with Crippen molar-refractivity contribution < 1.29 is 4.79 Å². The summed E-state index contributed by atoms with van der Waals surface area (Å²) in [4.78, 5) is 37.5. The Morgan fingerprint density at radius 3 is 2.59 bits per heavy atom. The van der Waals surface area contributed by atoms with E-state index in [0.717, 1.165) is 14.6 Å². The van der Waals surface area contributed by atoms with Crippen molar-refractivity contribution in [3.05, 3.63) is 78.4 Å². The Labute approximate surface area is 168 Å². The van der Waals surface area contributed by atoms with E-state index < -0.39 is 5.69 Å². The molecule has 0 saturated carbocycles. The van der Waals surface area contributed by atoms with Crippen LogP contribution in [0.2, 0.25) is 5.02 Å². The molecule has 2 aromatic carbocycles. The first-order chi connectivity index (χ1) is 12.9. The zero-order valence-electron chi connectivity index (χ0n) is 14.5. The van der Waals surface area contributed by atoms with E-state index in [0.29, 0.717) is 15.9 Å². The molecule has 0 atom stereocenters. The van der Waals surface area contributed by atoms with E-state index in [-0.39, 0.29) is 31.1 Å². The molecule has 3 rings (SSSR count). The Balaban J connectivity index is 1.89. The highest BCUT2D eigenvalue weighted by molar-refractivity contribution is 9.10. The summed E-state index contributed by atoms with van der Waals surface area (Å²) in [5.74, 6) is -0.345. The van der Waals surface area contributed by atoms with Crippen LogP contribution in [-0.4, -0.2) is 15.0 Å². The van der Waals surface area contributed by atoms with Gasteiger partial charge >= 0.3 is 5.69 Å². The fourth-order valence-corrected chi connectivity index (χ4v) is 3.60. The second-order valence-corrected chi connectivity index (χ2v) is 7.27. The van der Waals surface area contributed by atoms with Gasteiger partial charge in [-0.2, -0.15) is 0 Å². The number of benzene rings is 2. The molecule has 3 aromatic rings. The summed E-state index contributed by atoms with van der Waals surface area (Å²) in [5.41, 5.74) is 0.354. The van der Waals surface area contributed by atoms with Crippen molar-refractivity contribution in [1.82, 2.24) is 14.5 Å². The fourth-order valence-electron chi connectivity index (χ4n) is 2.86. The average Bonchev–Trinajstić information content (AvgIpc) is 2.65. The molecule has 1 amide bonds. The van der Waals surface area contributed by atoms with Gasteiger partial charge in [-0.1, -0.05) is 45.7 Å². The number of rotatable bonds is 5. The van der Waals surface area contributed by atoms with Gasteiger partial charge in [0.15, 0.2) is 0 Å². The zero-order chi connectivity index (χ0) is 19.6. The van der Waals surface area contributed by atoms with Crippen LogP contribution in [0, 0.1) is 0 Å². The maximum atomic E-state index is 12.7. The molecule has 0 spiro atoms. The highest BCUT2D eigenvalue weighted by Gasteiger charge is 2.14. The van der Waals surface area contributed by atoms with Crippen LogP contribution in [0.4, 0.5) is 0 Å². The summed E-state index contributed by atoms with van der Waals surface area (Å²) in [5, 5.41) is 3.71. The number of hydrogen-bond donors (Lipinski definition) is 1. The largest absolute Gasteiger partial charge is 0.350 e. The van der Waals surface area contributed by atoms with Gasteiger partial charge in [-0.05, 0) is 36.8 Å². The lowest BCUT2D eigenvalue weighted by molar-refractivity contribution is -0.121. The van der Waals surface area contributed by atoms with Crippen LogP contribution in [0.1, 0.15) is 12.5 Å².